The maximum atomic E-state index is 12.6. The Balaban J connectivity index is 1.50. The van der Waals surface area contributed by atoms with E-state index in [1.165, 1.54) is 6.33 Å². The predicted molar refractivity (Wildman–Crippen MR) is 99.0 cm³/mol. The fraction of sp³-hybridized carbons (Fsp3) is 0.316. The van der Waals surface area contributed by atoms with Crippen LogP contribution >= 0.6 is 0 Å². The molecule has 4 atom stereocenters. The van der Waals surface area contributed by atoms with Crippen molar-refractivity contribution in [2.45, 2.75) is 31.0 Å². The summed E-state index contributed by atoms with van der Waals surface area (Å²) in [5, 5.41) is 10.6. The van der Waals surface area contributed by atoms with Crippen LogP contribution < -0.4 is 5.73 Å². The summed E-state index contributed by atoms with van der Waals surface area (Å²) >= 11 is 0. The quantitative estimate of drug-likeness (QED) is 0.700. The van der Waals surface area contributed by atoms with E-state index in [1.807, 2.05) is 30.3 Å². The molecule has 2 saturated heterocycles. The summed E-state index contributed by atoms with van der Waals surface area (Å²) in [4.78, 5) is 22.5. The predicted octanol–water partition coefficient (Wildman–Crippen LogP) is 1.29. The number of aliphatic hydroxyl groups excluding tert-OH is 1. The minimum Gasteiger partial charge on any atom is -0.439 e. The molecule has 28 heavy (non-hydrogen) atoms. The molecule has 2 aliphatic rings. The van der Waals surface area contributed by atoms with Gasteiger partial charge in [0.25, 0.3) is 0 Å². The number of benzene rings is 1. The molecule has 0 spiro atoms. The van der Waals surface area contributed by atoms with Gasteiger partial charge in [0, 0.05) is 12.7 Å². The van der Waals surface area contributed by atoms with Crippen LogP contribution in [0.1, 0.15) is 11.8 Å². The number of ether oxygens (including phenoxy) is 2. The van der Waals surface area contributed by atoms with E-state index in [4.69, 9.17) is 15.2 Å². The van der Waals surface area contributed by atoms with Crippen LogP contribution in [0.15, 0.2) is 48.9 Å². The number of carbonyl (C=O) groups is 1. The summed E-state index contributed by atoms with van der Waals surface area (Å²) in [7, 11) is 0. The molecule has 2 aromatic heterocycles. The summed E-state index contributed by atoms with van der Waals surface area (Å²) in [6, 6.07) is 11.0. The Morgan fingerprint density at radius 3 is 2.79 bits per heavy atom. The van der Waals surface area contributed by atoms with E-state index in [2.05, 4.69) is 9.97 Å². The number of hydrogen-bond acceptors (Lipinski definition) is 7. The van der Waals surface area contributed by atoms with Crippen molar-refractivity contribution in [3.05, 3.63) is 54.5 Å². The average molecular weight is 381 g/mol. The second kappa shape index (κ2) is 6.47. The highest BCUT2D eigenvalue weighted by atomic mass is 16.6. The molecule has 0 radical (unpaired) electrons. The summed E-state index contributed by atoms with van der Waals surface area (Å²) in [5.41, 5.74) is 7.49. The summed E-state index contributed by atoms with van der Waals surface area (Å²) in [5.74, 6) is 0.367. The maximum absolute atomic E-state index is 12.6. The molecular weight excluding hydrogens is 362 g/mol. The molecule has 4 heterocycles. The van der Waals surface area contributed by atoms with Gasteiger partial charge in [0.1, 0.15) is 29.9 Å². The molecule has 0 saturated carbocycles. The van der Waals surface area contributed by atoms with Crippen LogP contribution in [0.2, 0.25) is 0 Å². The molecule has 0 unspecified atom stereocenters. The van der Waals surface area contributed by atoms with Gasteiger partial charge in [-0.05, 0) is 11.6 Å². The van der Waals surface area contributed by atoms with Gasteiger partial charge in [0.05, 0.1) is 12.0 Å². The van der Waals surface area contributed by atoms with Crippen LogP contribution in [-0.2, 0) is 16.0 Å². The number of nitrogen functional groups attached to an aromatic ring is 1. The third-order valence-electron chi connectivity index (χ3n) is 5.33. The van der Waals surface area contributed by atoms with E-state index in [0.29, 0.717) is 23.4 Å². The van der Waals surface area contributed by atoms with Gasteiger partial charge in [-0.2, -0.15) is 0 Å². The van der Waals surface area contributed by atoms with Crippen molar-refractivity contribution in [1.29, 1.82) is 0 Å². The van der Waals surface area contributed by atoms with Crippen molar-refractivity contribution in [2.24, 2.45) is 0 Å². The van der Waals surface area contributed by atoms with E-state index in [1.54, 1.807) is 21.7 Å². The first-order chi connectivity index (χ1) is 13.7. The molecule has 1 aromatic carbocycles. The van der Waals surface area contributed by atoms with E-state index in [9.17, 15) is 9.90 Å². The van der Waals surface area contributed by atoms with Crippen LogP contribution in [0, 0.1) is 0 Å². The van der Waals surface area contributed by atoms with Crippen molar-refractivity contribution in [1.82, 2.24) is 19.4 Å². The molecule has 9 nitrogen and oxygen atoms in total. The topological polar surface area (TPSA) is 116 Å². The summed E-state index contributed by atoms with van der Waals surface area (Å²) in [6.45, 7) is 0.158. The highest BCUT2D eigenvalue weighted by Crippen LogP contribution is 2.41. The van der Waals surface area contributed by atoms with Crippen LogP contribution in [0.5, 0.6) is 0 Å². The van der Waals surface area contributed by atoms with E-state index in [0.717, 1.165) is 5.56 Å². The summed E-state index contributed by atoms with van der Waals surface area (Å²) in [6.07, 6.45) is 0.994. The molecular formula is C19H19N5O4. The molecule has 9 heteroatoms. The van der Waals surface area contributed by atoms with Gasteiger partial charge >= 0.3 is 6.09 Å². The smallest absolute Gasteiger partial charge is 0.411 e. The van der Waals surface area contributed by atoms with Crippen molar-refractivity contribution in [2.75, 3.05) is 12.3 Å². The van der Waals surface area contributed by atoms with Gasteiger partial charge in [-0.1, -0.05) is 30.3 Å². The lowest BCUT2D eigenvalue weighted by molar-refractivity contribution is -0.0607. The first kappa shape index (κ1) is 17.0. The Bertz CT molecular complexity index is 1020. The number of fused-ring (bicyclic) bond motifs is 2. The SMILES string of the molecule is Nc1ncnc2c1ccn2[C@@H]1O[C@H](CO)[C@@H]2[C@H]1OC(=O)N2Cc1ccccc1. The van der Waals surface area contributed by atoms with Gasteiger partial charge < -0.3 is 24.9 Å². The standard InChI is InChI=1S/C19H19N5O4/c20-16-12-6-7-23(17(12)22-10-21-16)18-15-14(13(9-25)27-18)24(19(26)28-15)8-11-4-2-1-3-5-11/h1-7,10,13-15,18,25H,8-9H2,(H2,20,21,22)/t13-,14-,15-,18-/m1/s1. The molecule has 1 amide bonds. The van der Waals surface area contributed by atoms with Gasteiger partial charge in [-0.15, -0.1) is 0 Å². The lowest BCUT2D eigenvalue weighted by Gasteiger charge is -2.23. The van der Waals surface area contributed by atoms with Crippen LogP contribution in [0.25, 0.3) is 11.0 Å². The van der Waals surface area contributed by atoms with Gasteiger partial charge in [0.2, 0.25) is 0 Å². The number of amides is 1. The minimum absolute atomic E-state index is 0.226. The fourth-order valence-electron chi connectivity index (χ4n) is 4.05. The second-order valence-electron chi connectivity index (χ2n) is 6.92. The Kier molecular flexibility index (Phi) is 3.92. The van der Waals surface area contributed by atoms with Gasteiger partial charge in [0.15, 0.2) is 12.3 Å². The van der Waals surface area contributed by atoms with Crippen molar-refractivity contribution < 1.29 is 19.4 Å². The van der Waals surface area contributed by atoms with Crippen LogP contribution in [0.3, 0.4) is 0 Å². The molecule has 2 aliphatic heterocycles. The molecule has 2 fully saturated rings. The maximum Gasteiger partial charge on any atom is 0.411 e. The molecule has 144 valence electrons. The molecule has 5 rings (SSSR count). The zero-order valence-corrected chi connectivity index (χ0v) is 14.9. The summed E-state index contributed by atoms with van der Waals surface area (Å²) < 4.78 is 13.5. The lowest BCUT2D eigenvalue weighted by atomic mass is 10.1. The number of aromatic nitrogens is 3. The number of hydrogen-bond donors (Lipinski definition) is 2. The fourth-order valence-corrected chi connectivity index (χ4v) is 4.05. The van der Waals surface area contributed by atoms with Crippen molar-refractivity contribution in [3.63, 3.8) is 0 Å². The normalized spacial score (nSPS) is 26.6. The zero-order chi connectivity index (χ0) is 19.3. The Morgan fingerprint density at radius 2 is 2.00 bits per heavy atom. The minimum atomic E-state index is -0.612. The number of nitrogens with two attached hydrogens (primary N) is 1. The molecule has 3 aromatic rings. The number of rotatable bonds is 4. The third-order valence-corrected chi connectivity index (χ3v) is 5.33. The molecule has 0 aliphatic carbocycles. The highest BCUT2D eigenvalue weighted by Gasteiger charge is 2.56. The van der Waals surface area contributed by atoms with E-state index < -0.39 is 30.6 Å². The van der Waals surface area contributed by atoms with E-state index >= 15 is 0 Å². The monoisotopic (exact) mass is 381 g/mol. The molecule has 3 N–H and O–H groups in total. The first-order valence-electron chi connectivity index (χ1n) is 9.02. The van der Waals surface area contributed by atoms with Crippen molar-refractivity contribution in [3.8, 4) is 0 Å². The van der Waals surface area contributed by atoms with E-state index in [-0.39, 0.29) is 6.61 Å². The van der Waals surface area contributed by atoms with Crippen LogP contribution in [0.4, 0.5) is 10.6 Å². The molecule has 0 bridgehead atoms. The average Bonchev–Trinajstić information content (AvgIpc) is 3.37. The largest absolute Gasteiger partial charge is 0.439 e. The first-order valence-corrected chi connectivity index (χ1v) is 9.02. The zero-order valence-electron chi connectivity index (χ0n) is 14.9. The highest BCUT2D eigenvalue weighted by molar-refractivity contribution is 5.86. The number of nitrogens with zero attached hydrogens (tertiary/aromatic N) is 4. The number of aliphatic hydroxyl groups is 1. The Labute approximate surface area is 160 Å². The van der Waals surface area contributed by atoms with Gasteiger partial charge in [-0.3, -0.25) is 4.90 Å². The Hall–Kier alpha value is -3.17. The van der Waals surface area contributed by atoms with Crippen LogP contribution in [-0.4, -0.2) is 55.5 Å². The van der Waals surface area contributed by atoms with Crippen molar-refractivity contribution >= 4 is 22.9 Å². The Morgan fingerprint density at radius 1 is 1.18 bits per heavy atom. The number of carbonyl (C=O) groups excluding carboxylic acids is 1. The van der Waals surface area contributed by atoms with Gasteiger partial charge in [-0.25, -0.2) is 14.8 Å². The number of anilines is 1. The third kappa shape index (κ3) is 2.51. The lowest BCUT2D eigenvalue weighted by Crippen LogP contribution is -2.42. The second-order valence-corrected chi connectivity index (χ2v) is 6.92.